The first-order valence-corrected chi connectivity index (χ1v) is 7.94. The van der Waals surface area contributed by atoms with Crippen LogP contribution in [0.25, 0.3) is 0 Å². The first kappa shape index (κ1) is 13.8. The largest absolute Gasteiger partial charge is 0.396 e. The Labute approximate surface area is 120 Å². The first-order chi connectivity index (χ1) is 8.20. The summed E-state index contributed by atoms with van der Waals surface area (Å²) in [6, 6.07) is 2.07. The van der Waals surface area contributed by atoms with Crippen LogP contribution in [0.1, 0.15) is 24.1 Å². The molecule has 1 heterocycles. The predicted octanol–water partition coefficient (Wildman–Crippen LogP) is 3.66. The highest BCUT2D eigenvalue weighted by atomic mass is 79.9. The maximum Gasteiger partial charge on any atom is 0.107 e. The molecule has 2 N–H and O–H groups in total. The smallest absolute Gasteiger partial charge is 0.107 e. The summed E-state index contributed by atoms with van der Waals surface area (Å²) in [5, 5.41) is 12.7. The molecular weight excluding hydrogens is 322 g/mol. The Kier molecular flexibility index (Phi) is 5.30. The molecule has 17 heavy (non-hydrogen) atoms. The van der Waals surface area contributed by atoms with E-state index < -0.39 is 0 Å². The number of hydrogen-bond donors (Lipinski definition) is 2. The van der Waals surface area contributed by atoms with Gasteiger partial charge in [0.2, 0.25) is 0 Å². The van der Waals surface area contributed by atoms with Crippen molar-refractivity contribution in [3.63, 3.8) is 0 Å². The van der Waals surface area contributed by atoms with Crippen molar-refractivity contribution >= 4 is 38.9 Å². The number of thiophene rings is 1. The quantitative estimate of drug-likeness (QED) is 0.858. The number of hydrogen-bond acceptors (Lipinski definition) is 3. The molecule has 1 aliphatic carbocycles. The predicted molar refractivity (Wildman–Crippen MR) is 76.7 cm³/mol. The lowest BCUT2D eigenvalue weighted by Crippen LogP contribution is -2.26. The summed E-state index contributed by atoms with van der Waals surface area (Å²) in [5.41, 5.74) is 0. The molecule has 96 valence electrons. The molecule has 0 saturated heterocycles. The molecular formula is C12H17BrClNOS. The van der Waals surface area contributed by atoms with Crippen LogP contribution in [0, 0.1) is 11.8 Å². The van der Waals surface area contributed by atoms with Crippen LogP contribution < -0.4 is 5.32 Å². The van der Waals surface area contributed by atoms with Crippen LogP contribution in [0.4, 0.5) is 0 Å². The van der Waals surface area contributed by atoms with Gasteiger partial charge in [0.1, 0.15) is 4.34 Å². The van der Waals surface area contributed by atoms with Crippen molar-refractivity contribution in [1.82, 2.24) is 5.32 Å². The van der Waals surface area contributed by atoms with Crippen LogP contribution in [0.15, 0.2) is 10.5 Å². The molecule has 1 fully saturated rings. The molecule has 2 nitrogen and oxygen atoms in total. The van der Waals surface area contributed by atoms with Crippen molar-refractivity contribution in [2.75, 3.05) is 13.2 Å². The molecule has 2 unspecified atom stereocenters. The van der Waals surface area contributed by atoms with Gasteiger partial charge in [-0.2, -0.15) is 0 Å². The molecule has 2 atom stereocenters. The van der Waals surface area contributed by atoms with Crippen molar-refractivity contribution in [3.05, 3.63) is 19.8 Å². The van der Waals surface area contributed by atoms with E-state index in [2.05, 4.69) is 27.3 Å². The van der Waals surface area contributed by atoms with E-state index in [-0.39, 0.29) is 0 Å². The Morgan fingerprint density at radius 3 is 2.88 bits per heavy atom. The maximum atomic E-state index is 9.24. The van der Waals surface area contributed by atoms with Crippen LogP contribution in [0.3, 0.4) is 0 Å². The minimum atomic E-state index is 0.336. The van der Waals surface area contributed by atoms with Gasteiger partial charge >= 0.3 is 0 Å². The summed E-state index contributed by atoms with van der Waals surface area (Å²) in [4.78, 5) is 1.25. The number of rotatable bonds is 5. The normalized spacial score (nSPS) is 24.4. The minimum absolute atomic E-state index is 0.336. The summed E-state index contributed by atoms with van der Waals surface area (Å²) in [5.74, 6) is 1.14. The van der Waals surface area contributed by atoms with Gasteiger partial charge in [0, 0.05) is 22.5 Å². The van der Waals surface area contributed by atoms with E-state index in [0.29, 0.717) is 18.4 Å². The molecule has 0 spiro atoms. The van der Waals surface area contributed by atoms with Crippen molar-refractivity contribution in [2.24, 2.45) is 11.8 Å². The molecule has 1 saturated carbocycles. The van der Waals surface area contributed by atoms with Crippen molar-refractivity contribution in [3.8, 4) is 0 Å². The van der Waals surface area contributed by atoms with Crippen LogP contribution >= 0.6 is 38.9 Å². The van der Waals surface area contributed by atoms with E-state index in [9.17, 15) is 5.11 Å². The van der Waals surface area contributed by atoms with Crippen molar-refractivity contribution in [2.45, 2.75) is 25.8 Å². The maximum absolute atomic E-state index is 9.24. The van der Waals surface area contributed by atoms with Gasteiger partial charge in [0.15, 0.2) is 0 Å². The van der Waals surface area contributed by atoms with E-state index in [0.717, 1.165) is 21.9 Å². The molecule has 0 amide bonds. The molecule has 1 aromatic heterocycles. The third kappa shape index (κ3) is 3.67. The number of aliphatic hydroxyl groups is 1. The molecule has 1 aromatic rings. The Morgan fingerprint density at radius 2 is 2.24 bits per heavy atom. The molecule has 0 bridgehead atoms. The van der Waals surface area contributed by atoms with Gasteiger partial charge in [-0.3, -0.25) is 0 Å². The molecule has 0 aliphatic heterocycles. The van der Waals surface area contributed by atoms with Gasteiger partial charge in [0.25, 0.3) is 0 Å². The zero-order valence-electron chi connectivity index (χ0n) is 9.59. The van der Waals surface area contributed by atoms with Crippen LogP contribution in [-0.2, 0) is 6.54 Å². The SMILES string of the molecule is OCC1CCCC1CNCc1cc(Br)c(Cl)s1. The van der Waals surface area contributed by atoms with E-state index >= 15 is 0 Å². The highest BCUT2D eigenvalue weighted by molar-refractivity contribution is 9.10. The van der Waals surface area contributed by atoms with E-state index in [1.54, 1.807) is 11.3 Å². The lowest BCUT2D eigenvalue weighted by atomic mass is 9.97. The van der Waals surface area contributed by atoms with E-state index in [1.165, 1.54) is 24.1 Å². The van der Waals surface area contributed by atoms with Gasteiger partial charge in [-0.1, -0.05) is 18.0 Å². The highest BCUT2D eigenvalue weighted by Gasteiger charge is 2.25. The average Bonchev–Trinajstić information content (AvgIpc) is 2.87. The molecule has 0 radical (unpaired) electrons. The van der Waals surface area contributed by atoms with E-state index in [1.807, 2.05) is 0 Å². The summed E-state index contributed by atoms with van der Waals surface area (Å²) in [6.07, 6.45) is 3.68. The number of halogens is 2. The third-order valence-corrected chi connectivity index (χ3v) is 5.93. The summed E-state index contributed by atoms with van der Waals surface area (Å²) >= 11 is 11.0. The van der Waals surface area contributed by atoms with Gasteiger partial charge in [0.05, 0.1) is 0 Å². The summed E-state index contributed by atoms with van der Waals surface area (Å²) in [7, 11) is 0. The van der Waals surface area contributed by atoms with Crippen LogP contribution in [0.2, 0.25) is 4.34 Å². The Hall–Kier alpha value is 0.390. The van der Waals surface area contributed by atoms with Gasteiger partial charge in [-0.25, -0.2) is 0 Å². The topological polar surface area (TPSA) is 32.3 Å². The minimum Gasteiger partial charge on any atom is -0.396 e. The number of nitrogens with one attached hydrogen (secondary N) is 1. The molecule has 1 aliphatic rings. The molecule has 2 rings (SSSR count). The second-order valence-corrected chi connectivity index (χ2v) is 7.19. The third-order valence-electron chi connectivity index (χ3n) is 3.45. The average molecular weight is 339 g/mol. The number of aliphatic hydroxyl groups excluding tert-OH is 1. The standard InChI is InChI=1S/C12H17BrClNOS/c13-11-4-10(17-12(11)14)6-15-5-8-2-1-3-9(8)7-16/h4,8-9,15-16H,1-3,5-7H2. The lowest BCUT2D eigenvalue weighted by Gasteiger charge is -2.17. The Morgan fingerprint density at radius 1 is 1.47 bits per heavy atom. The zero-order valence-corrected chi connectivity index (χ0v) is 12.7. The monoisotopic (exact) mass is 337 g/mol. The van der Waals surface area contributed by atoms with Gasteiger partial charge in [-0.05, 0) is 53.2 Å². The fourth-order valence-corrected chi connectivity index (χ4v) is 4.24. The van der Waals surface area contributed by atoms with Crippen LogP contribution in [0.5, 0.6) is 0 Å². The second kappa shape index (κ2) is 6.53. The summed E-state index contributed by atoms with van der Waals surface area (Å²) in [6.45, 7) is 2.20. The fraction of sp³-hybridized carbons (Fsp3) is 0.667. The van der Waals surface area contributed by atoms with Crippen LogP contribution in [-0.4, -0.2) is 18.3 Å². The van der Waals surface area contributed by atoms with Gasteiger partial charge in [-0.15, -0.1) is 11.3 Å². The van der Waals surface area contributed by atoms with Crippen molar-refractivity contribution in [1.29, 1.82) is 0 Å². The van der Waals surface area contributed by atoms with Gasteiger partial charge < -0.3 is 10.4 Å². The zero-order chi connectivity index (χ0) is 12.3. The summed E-state index contributed by atoms with van der Waals surface area (Å²) < 4.78 is 1.80. The highest BCUT2D eigenvalue weighted by Crippen LogP contribution is 2.33. The fourth-order valence-electron chi connectivity index (χ4n) is 2.48. The first-order valence-electron chi connectivity index (χ1n) is 5.96. The Bertz CT molecular complexity index is 352. The lowest BCUT2D eigenvalue weighted by molar-refractivity contribution is 0.192. The second-order valence-electron chi connectivity index (χ2n) is 4.60. The molecule has 0 aromatic carbocycles. The molecule has 5 heteroatoms. The van der Waals surface area contributed by atoms with E-state index in [4.69, 9.17) is 11.6 Å². The van der Waals surface area contributed by atoms with Crippen molar-refractivity contribution < 1.29 is 5.11 Å². The Balaban J connectivity index is 1.75.